The molecule has 0 saturated carbocycles. The number of carbonyl (C=O) groups excluding carboxylic acids is 2. The molecular formula is C7H9NO3. The Hall–Kier alpha value is -1.16. The molecule has 4 nitrogen and oxygen atoms in total. The van der Waals surface area contributed by atoms with Crippen molar-refractivity contribution in [1.82, 2.24) is 5.32 Å². The van der Waals surface area contributed by atoms with E-state index in [9.17, 15) is 9.59 Å². The van der Waals surface area contributed by atoms with Gasteiger partial charge in [0.05, 0.1) is 12.2 Å². The summed E-state index contributed by atoms with van der Waals surface area (Å²) in [4.78, 5) is 21.7. The predicted molar refractivity (Wildman–Crippen MR) is 37.7 cm³/mol. The van der Waals surface area contributed by atoms with Crippen molar-refractivity contribution in [2.75, 3.05) is 13.7 Å². The van der Waals surface area contributed by atoms with Crippen molar-refractivity contribution in [2.45, 2.75) is 6.92 Å². The molecular weight excluding hydrogens is 146 g/mol. The van der Waals surface area contributed by atoms with E-state index in [0.717, 1.165) is 0 Å². The van der Waals surface area contributed by atoms with E-state index < -0.39 is 0 Å². The van der Waals surface area contributed by atoms with Gasteiger partial charge in [-0.05, 0) is 6.92 Å². The number of ether oxygens (including phenoxy) is 1. The SMILES string of the molecule is COCC1=C(C)C(=O)NC1=O. The Morgan fingerprint density at radius 1 is 1.36 bits per heavy atom. The molecule has 0 aromatic heterocycles. The van der Waals surface area contributed by atoms with E-state index in [0.29, 0.717) is 11.1 Å². The maximum Gasteiger partial charge on any atom is 0.256 e. The minimum absolute atomic E-state index is 0.198. The highest BCUT2D eigenvalue weighted by atomic mass is 16.5. The Kier molecular flexibility index (Phi) is 2.05. The lowest BCUT2D eigenvalue weighted by Crippen LogP contribution is -2.23. The van der Waals surface area contributed by atoms with Crippen LogP contribution in [0.4, 0.5) is 0 Å². The number of rotatable bonds is 2. The molecule has 1 aliphatic heterocycles. The van der Waals surface area contributed by atoms with Gasteiger partial charge in [-0.1, -0.05) is 0 Å². The van der Waals surface area contributed by atoms with Crippen molar-refractivity contribution >= 4 is 11.8 Å². The molecule has 0 bridgehead atoms. The van der Waals surface area contributed by atoms with Gasteiger partial charge in [0.1, 0.15) is 0 Å². The van der Waals surface area contributed by atoms with Gasteiger partial charge in [0.2, 0.25) is 0 Å². The van der Waals surface area contributed by atoms with Gasteiger partial charge in [0, 0.05) is 12.7 Å². The van der Waals surface area contributed by atoms with Crippen LogP contribution >= 0.6 is 0 Å². The van der Waals surface area contributed by atoms with E-state index in [2.05, 4.69) is 5.32 Å². The molecule has 0 fully saturated rings. The Bertz CT molecular complexity index is 242. The van der Waals surface area contributed by atoms with E-state index in [1.807, 2.05) is 0 Å². The summed E-state index contributed by atoms with van der Waals surface area (Å²) >= 11 is 0. The Morgan fingerprint density at radius 3 is 2.36 bits per heavy atom. The van der Waals surface area contributed by atoms with Gasteiger partial charge in [-0.2, -0.15) is 0 Å². The first kappa shape index (κ1) is 7.94. The third-order valence-corrected chi connectivity index (χ3v) is 1.58. The monoisotopic (exact) mass is 155 g/mol. The maximum atomic E-state index is 10.9. The Morgan fingerprint density at radius 2 is 2.00 bits per heavy atom. The largest absolute Gasteiger partial charge is 0.380 e. The molecule has 1 heterocycles. The summed E-state index contributed by atoms with van der Waals surface area (Å²) in [5.74, 6) is -0.656. The first-order valence-corrected chi connectivity index (χ1v) is 3.21. The number of amides is 2. The molecule has 0 aromatic rings. The molecule has 1 rings (SSSR count). The van der Waals surface area contributed by atoms with Crippen LogP contribution in [0.2, 0.25) is 0 Å². The van der Waals surface area contributed by atoms with Crippen LogP contribution in [-0.4, -0.2) is 25.5 Å². The van der Waals surface area contributed by atoms with Gasteiger partial charge >= 0.3 is 0 Å². The van der Waals surface area contributed by atoms with E-state index in [1.54, 1.807) is 6.92 Å². The standard InChI is InChI=1S/C7H9NO3/c1-4-5(3-11-2)7(10)8-6(4)9/h3H2,1-2H3,(H,8,9,10). The Labute approximate surface area is 64.2 Å². The van der Waals surface area contributed by atoms with Crippen molar-refractivity contribution < 1.29 is 14.3 Å². The number of carbonyl (C=O) groups is 2. The van der Waals surface area contributed by atoms with Gasteiger partial charge in [0.25, 0.3) is 11.8 Å². The molecule has 1 aliphatic rings. The lowest BCUT2D eigenvalue weighted by molar-refractivity contribution is -0.124. The second-order valence-electron chi connectivity index (χ2n) is 2.32. The molecule has 0 unspecified atom stereocenters. The van der Waals surface area contributed by atoms with Crippen molar-refractivity contribution in [1.29, 1.82) is 0 Å². The van der Waals surface area contributed by atoms with Crippen LogP contribution in [0.3, 0.4) is 0 Å². The Balaban J connectivity index is 2.87. The van der Waals surface area contributed by atoms with E-state index >= 15 is 0 Å². The zero-order chi connectivity index (χ0) is 8.43. The molecule has 0 atom stereocenters. The molecule has 60 valence electrons. The highest BCUT2D eigenvalue weighted by Gasteiger charge is 2.26. The first-order valence-electron chi connectivity index (χ1n) is 3.21. The van der Waals surface area contributed by atoms with Gasteiger partial charge < -0.3 is 4.74 Å². The molecule has 2 amide bonds. The van der Waals surface area contributed by atoms with Gasteiger partial charge in [0.15, 0.2) is 0 Å². The van der Waals surface area contributed by atoms with Crippen LogP contribution in [0.15, 0.2) is 11.1 Å². The summed E-state index contributed by atoms with van der Waals surface area (Å²) < 4.78 is 4.74. The molecule has 0 aliphatic carbocycles. The molecule has 0 saturated heterocycles. The average Bonchev–Trinajstić information content (AvgIpc) is 2.17. The fourth-order valence-electron chi connectivity index (χ4n) is 0.898. The second-order valence-corrected chi connectivity index (χ2v) is 2.32. The highest BCUT2D eigenvalue weighted by molar-refractivity contribution is 6.19. The third-order valence-electron chi connectivity index (χ3n) is 1.58. The minimum atomic E-state index is -0.339. The molecule has 0 spiro atoms. The predicted octanol–water partition coefficient (Wildman–Crippen LogP) is -0.394. The molecule has 0 aromatic carbocycles. The lowest BCUT2D eigenvalue weighted by atomic mass is 10.2. The quantitative estimate of drug-likeness (QED) is 0.552. The summed E-state index contributed by atoms with van der Waals surface area (Å²) in [6, 6.07) is 0. The van der Waals surface area contributed by atoms with Crippen molar-refractivity contribution in [3.05, 3.63) is 11.1 Å². The molecule has 4 heteroatoms. The van der Waals surface area contributed by atoms with Crippen molar-refractivity contribution in [2.24, 2.45) is 0 Å². The average molecular weight is 155 g/mol. The summed E-state index contributed by atoms with van der Waals surface area (Å²) in [6.45, 7) is 1.80. The van der Waals surface area contributed by atoms with Crippen LogP contribution in [0, 0.1) is 0 Å². The van der Waals surface area contributed by atoms with Crippen LogP contribution in [0.25, 0.3) is 0 Å². The molecule has 1 N–H and O–H groups in total. The van der Waals surface area contributed by atoms with E-state index in [1.165, 1.54) is 7.11 Å². The fraction of sp³-hybridized carbons (Fsp3) is 0.429. The van der Waals surface area contributed by atoms with Crippen LogP contribution in [-0.2, 0) is 14.3 Å². The topological polar surface area (TPSA) is 55.4 Å². The van der Waals surface area contributed by atoms with E-state index in [4.69, 9.17) is 4.74 Å². The molecule has 11 heavy (non-hydrogen) atoms. The van der Waals surface area contributed by atoms with Crippen LogP contribution < -0.4 is 5.32 Å². The fourth-order valence-corrected chi connectivity index (χ4v) is 0.898. The second kappa shape index (κ2) is 2.84. The van der Waals surface area contributed by atoms with Crippen molar-refractivity contribution in [3.8, 4) is 0 Å². The zero-order valence-corrected chi connectivity index (χ0v) is 6.43. The lowest BCUT2D eigenvalue weighted by Gasteiger charge is -1.96. The van der Waals surface area contributed by atoms with Crippen LogP contribution in [0.1, 0.15) is 6.92 Å². The summed E-state index contributed by atoms with van der Waals surface area (Å²) in [5.41, 5.74) is 0.884. The highest BCUT2D eigenvalue weighted by Crippen LogP contribution is 2.11. The number of nitrogens with one attached hydrogen (secondary N) is 1. The minimum Gasteiger partial charge on any atom is -0.380 e. The third kappa shape index (κ3) is 1.30. The van der Waals surface area contributed by atoms with Gasteiger partial charge in [-0.25, -0.2) is 0 Å². The number of hydrogen-bond acceptors (Lipinski definition) is 3. The summed E-state index contributed by atoms with van der Waals surface area (Å²) in [5, 5.41) is 2.17. The van der Waals surface area contributed by atoms with Gasteiger partial charge in [-0.3, -0.25) is 14.9 Å². The summed E-state index contributed by atoms with van der Waals surface area (Å²) in [7, 11) is 1.48. The number of methoxy groups -OCH3 is 1. The number of imide groups is 1. The van der Waals surface area contributed by atoms with Crippen molar-refractivity contribution in [3.63, 3.8) is 0 Å². The van der Waals surface area contributed by atoms with Gasteiger partial charge in [-0.15, -0.1) is 0 Å². The zero-order valence-electron chi connectivity index (χ0n) is 6.43. The summed E-state index contributed by atoms with van der Waals surface area (Å²) in [6.07, 6.45) is 0. The normalized spacial score (nSPS) is 17.6. The number of hydrogen-bond donors (Lipinski definition) is 1. The first-order chi connectivity index (χ1) is 5.16. The van der Waals surface area contributed by atoms with E-state index in [-0.39, 0.29) is 18.4 Å². The molecule has 0 radical (unpaired) electrons. The van der Waals surface area contributed by atoms with Crippen LogP contribution in [0.5, 0.6) is 0 Å². The maximum absolute atomic E-state index is 10.9. The smallest absolute Gasteiger partial charge is 0.256 e.